The van der Waals surface area contributed by atoms with Crippen LogP contribution >= 0.6 is 6.49 Å². The molecular weight excluding hydrogens is 253 g/mol. The number of rotatable bonds is 3. The van der Waals surface area contributed by atoms with Gasteiger partial charge in [-0.2, -0.15) is 4.49 Å². The van der Waals surface area contributed by atoms with E-state index in [1.54, 1.807) is 12.1 Å². The van der Waals surface area contributed by atoms with Gasteiger partial charge in [0.1, 0.15) is 6.49 Å². The molecule has 0 aliphatic heterocycles. The first kappa shape index (κ1) is 12.8. The van der Waals surface area contributed by atoms with Crippen molar-refractivity contribution in [2.45, 2.75) is 11.8 Å². The lowest BCUT2D eigenvalue weighted by atomic mass is 10.2. The lowest BCUT2D eigenvalue weighted by Crippen LogP contribution is -2.28. The summed E-state index contributed by atoms with van der Waals surface area (Å²) in [5.41, 5.74) is 11.6. The van der Waals surface area contributed by atoms with E-state index in [2.05, 4.69) is 16.3 Å². The van der Waals surface area contributed by atoms with E-state index in [0.29, 0.717) is 0 Å². The third-order valence-corrected chi connectivity index (χ3v) is 5.26. The SMILES string of the molecule is Cc1ccc(S(=O)(=O)NP(N)(N)=S)cc1. The molecule has 0 bridgehead atoms. The molecule has 8 heteroatoms. The van der Waals surface area contributed by atoms with Gasteiger partial charge in [0.2, 0.25) is 10.0 Å². The zero-order valence-corrected chi connectivity index (χ0v) is 10.6. The van der Waals surface area contributed by atoms with Crippen LogP contribution in [0.15, 0.2) is 29.2 Å². The third kappa shape index (κ3) is 3.98. The van der Waals surface area contributed by atoms with Crippen LogP contribution in [0.5, 0.6) is 0 Å². The fraction of sp³-hybridized carbons (Fsp3) is 0.143. The van der Waals surface area contributed by atoms with Crippen LogP contribution in [0.3, 0.4) is 0 Å². The Morgan fingerprint density at radius 2 is 1.73 bits per heavy atom. The van der Waals surface area contributed by atoms with Gasteiger partial charge in [-0.1, -0.05) is 17.7 Å². The molecule has 1 aromatic carbocycles. The Morgan fingerprint density at radius 3 is 2.13 bits per heavy atom. The standard InChI is InChI=1S/C7H12N3O2PS2/c1-6-2-4-7(5-3-6)15(11,12)10-13(8,9)14/h2-5H,1H3,(H5,8,9,10,14). The van der Waals surface area contributed by atoms with Crippen LogP contribution in [0.1, 0.15) is 5.56 Å². The van der Waals surface area contributed by atoms with Crippen molar-refractivity contribution >= 4 is 28.3 Å². The van der Waals surface area contributed by atoms with Gasteiger partial charge in [-0.3, -0.25) is 11.0 Å². The Labute approximate surface area is 94.1 Å². The van der Waals surface area contributed by atoms with E-state index >= 15 is 0 Å². The predicted octanol–water partition coefficient (Wildman–Crippen LogP) is 0.415. The van der Waals surface area contributed by atoms with Crippen LogP contribution in [0.25, 0.3) is 0 Å². The number of sulfonamides is 1. The number of hydrogen-bond donors (Lipinski definition) is 3. The van der Waals surface area contributed by atoms with Gasteiger partial charge in [0.15, 0.2) is 0 Å². The summed E-state index contributed by atoms with van der Waals surface area (Å²) in [7, 11) is -3.69. The molecule has 1 aromatic rings. The molecule has 0 aliphatic carbocycles. The van der Waals surface area contributed by atoms with Crippen molar-refractivity contribution < 1.29 is 8.42 Å². The fourth-order valence-electron chi connectivity index (χ4n) is 0.958. The molecule has 0 amide bonds. The Hall–Kier alpha value is -0.300. The van der Waals surface area contributed by atoms with Crippen molar-refractivity contribution in [2.24, 2.45) is 11.0 Å². The lowest BCUT2D eigenvalue weighted by molar-refractivity contribution is 0.594. The second-order valence-corrected chi connectivity index (χ2v) is 8.56. The average Bonchev–Trinajstić information content (AvgIpc) is 2.00. The summed E-state index contributed by atoms with van der Waals surface area (Å²) in [5.74, 6) is 0. The second kappa shape index (κ2) is 4.29. The van der Waals surface area contributed by atoms with Crippen LogP contribution in [0, 0.1) is 6.92 Å². The van der Waals surface area contributed by atoms with Gasteiger partial charge in [0.25, 0.3) is 0 Å². The van der Waals surface area contributed by atoms with Crippen LogP contribution in [-0.2, 0) is 21.8 Å². The van der Waals surface area contributed by atoms with E-state index in [-0.39, 0.29) is 4.90 Å². The lowest BCUT2D eigenvalue weighted by Gasteiger charge is -2.12. The average molecular weight is 265 g/mol. The van der Waals surface area contributed by atoms with Crippen LogP contribution < -0.4 is 15.5 Å². The summed E-state index contributed by atoms with van der Waals surface area (Å²) in [6.45, 7) is -1.11. The summed E-state index contributed by atoms with van der Waals surface area (Å²) in [6.07, 6.45) is 0. The zero-order chi connectivity index (χ0) is 11.7. The Bertz CT molecular complexity index is 491. The molecule has 0 saturated heterocycles. The molecule has 5 N–H and O–H groups in total. The molecule has 0 radical (unpaired) electrons. The van der Waals surface area contributed by atoms with Crippen molar-refractivity contribution in [2.75, 3.05) is 0 Å². The minimum absolute atomic E-state index is 0.109. The van der Waals surface area contributed by atoms with E-state index in [1.165, 1.54) is 12.1 Å². The number of nitrogens with two attached hydrogens (primary N) is 2. The molecule has 0 spiro atoms. The maximum absolute atomic E-state index is 11.6. The van der Waals surface area contributed by atoms with Gasteiger partial charge in [-0.25, -0.2) is 8.42 Å². The smallest absolute Gasteiger partial charge is 0.246 e. The summed E-state index contributed by atoms with van der Waals surface area (Å²) < 4.78 is 25.4. The summed E-state index contributed by atoms with van der Waals surface area (Å²) in [6, 6.07) is 6.32. The van der Waals surface area contributed by atoms with Crippen molar-refractivity contribution in [3.63, 3.8) is 0 Å². The summed E-state index contributed by atoms with van der Waals surface area (Å²) in [5, 5.41) is 0. The van der Waals surface area contributed by atoms with Gasteiger partial charge in [-0.15, -0.1) is 0 Å². The van der Waals surface area contributed by atoms with Gasteiger partial charge in [0.05, 0.1) is 4.90 Å². The molecule has 15 heavy (non-hydrogen) atoms. The topological polar surface area (TPSA) is 98.2 Å². The van der Waals surface area contributed by atoms with E-state index in [1.807, 2.05) is 6.92 Å². The summed E-state index contributed by atoms with van der Waals surface area (Å²) >= 11 is 4.64. The largest absolute Gasteiger partial charge is 0.279 e. The first-order chi connectivity index (χ1) is 6.71. The predicted molar refractivity (Wildman–Crippen MR) is 64.2 cm³/mol. The van der Waals surface area contributed by atoms with Gasteiger partial charge in [0, 0.05) is 0 Å². The zero-order valence-electron chi connectivity index (χ0n) is 8.04. The highest BCUT2D eigenvalue weighted by atomic mass is 32.5. The molecule has 0 aliphatic rings. The van der Waals surface area contributed by atoms with Crippen molar-refractivity contribution in [3.8, 4) is 0 Å². The number of hydrogen-bond acceptors (Lipinski definition) is 3. The van der Waals surface area contributed by atoms with Crippen molar-refractivity contribution in [1.82, 2.24) is 4.49 Å². The third-order valence-electron chi connectivity index (χ3n) is 1.59. The Kier molecular flexibility index (Phi) is 3.65. The molecule has 0 fully saturated rings. The quantitative estimate of drug-likeness (QED) is 0.688. The minimum Gasteiger partial charge on any atom is -0.279 e. The van der Waals surface area contributed by atoms with Crippen LogP contribution in [0.4, 0.5) is 0 Å². The first-order valence-corrected chi connectivity index (χ1v) is 8.41. The number of nitrogens with one attached hydrogen (secondary N) is 1. The Balaban J connectivity index is 3.07. The van der Waals surface area contributed by atoms with Crippen molar-refractivity contribution in [3.05, 3.63) is 29.8 Å². The maximum atomic E-state index is 11.6. The highest BCUT2D eigenvalue weighted by Crippen LogP contribution is 2.23. The monoisotopic (exact) mass is 265 g/mol. The first-order valence-electron chi connectivity index (χ1n) is 3.99. The normalized spacial score (nSPS) is 12.7. The van der Waals surface area contributed by atoms with Crippen LogP contribution in [0.2, 0.25) is 0 Å². The van der Waals surface area contributed by atoms with Gasteiger partial charge >= 0.3 is 0 Å². The van der Waals surface area contributed by atoms with Gasteiger partial charge < -0.3 is 0 Å². The fourth-order valence-corrected chi connectivity index (χ4v) is 4.26. The number of aryl methyl sites for hydroxylation is 1. The van der Waals surface area contributed by atoms with E-state index in [0.717, 1.165) is 5.56 Å². The van der Waals surface area contributed by atoms with E-state index in [4.69, 9.17) is 11.0 Å². The Morgan fingerprint density at radius 1 is 1.27 bits per heavy atom. The molecule has 84 valence electrons. The van der Waals surface area contributed by atoms with Crippen LogP contribution in [-0.4, -0.2) is 8.42 Å². The molecule has 0 atom stereocenters. The maximum Gasteiger partial charge on any atom is 0.246 e. The molecular formula is C7H12N3O2PS2. The number of benzene rings is 1. The van der Waals surface area contributed by atoms with E-state index in [9.17, 15) is 8.42 Å². The second-order valence-electron chi connectivity index (χ2n) is 3.12. The van der Waals surface area contributed by atoms with Gasteiger partial charge in [-0.05, 0) is 30.9 Å². The molecule has 0 unspecified atom stereocenters. The molecule has 0 heterocycles. The van der Waals surface area contributed by atoms with E-state index < -0.39 is 16.5 Å². The highest BCUT2D eigenvalue weighted by Gasteiger charge is 2.18. The summed E-state index contributed by atoms with van der Waals surface area (Å²) in [4.78, 5) is 0.109. The van der Waals surface area contributed by atoms with Crippen molar-refractivity contribution in [1.29, 1.82) is 0 Å². The molecule has 1 rings (SSSR count). The minimum atomic E-state index is -3.69. The molecule has 0 saturated carbocycles. The highest BCUT2D eigenvalue weighted by molar-refractivity contribution is 8.16. The molecule has 5 nitrogen and oxygen atoms in total. The molecule has 0 aromatic heterocycles.